The van der Waals surface area contributed by atoms with Crippen LogP contribution in [0.2, 0.25) is 0 Å². The van der Waals surface area contributed by atoms with Crippen molar-refractivity contribution >= 4 is 26.1 Å². The number of ether oxygens (including phenoxy) is 1. The lowest BCUT2D eigenvalue weighted by atomic mass is 10.1. The van der Waals surface area contributed by atoms with Crippen LogP contribution in [0.1, 0.15) is 16.7 Å². The Labute approximate surface area is 210 Å². The molecule has 9 nitrogen and oxygen atoms in total. The van der Waals surface area contributed by atoms with E-state index in [1.165, 1.54) is 48.5 Å². The molecule has 0 spiro atoms. The lowest BCUT2D eigenvalue weighted by Crippen LogP contribution is -2.43. The van der Waals surface area contributed by atoms with Gasteiger partial charge in [0.1, 0.15) is 22.8 Å². The first-order valence-electron chi connectivity index (χ1n) is 10.7. The number of sulfonamides is 1. The van der Waals surface area contributed by atoms with E-state index in [1.807, 2.05) is 13.8 Å². The third-order valence-electron chi connectivity index (χ3n) is 5.07. The van der Waals surface area contributed by atoms with Gasteiger partial charge in [-0.2, -0.15) is 18.4 Å². The summed E-state index contributed by atoms with van der Waals surface area (Å²) in [6.45, 7) is 3.11. The van der Waals surface area contributed by atoms with Crippen molar-refractivity contribution in [3.05, 3.63) is 89.5 Å². The highest BCUT2D eigenvalue weighted by Crippen LogP contribution is 2.21. The number of aryl methyl sites for hydroxylation is 2. The van der Waals surface area contributed by atoms with E-state index in [-0.39, 0.29) is 22.0 Å². The first-order chi connectivity index (χ1) is 17.0. The van der Waals surface area contributed by atoms with Gasteiger partial charge in [-0.25, -0.2) is 8.42 Å². The van der Waals surface area contributed by atoms with Gasteiger partial charge in [-0.15, -0.1) is 0 Å². The zero-order valence-electron chi connectivity index (χ0n) is 19.5. The van der Waals surface area contributed by atoms with Crippen molar-refractivity contribution in [1.29, 1.82) is 5.26 Å². The Hall–Kier alpha value is -3.72. The summed E-state index contributed by atoms with van der Waals surface area (Å²) >= 11 is 0. The number of nitriles is 1. The van der Waals surface area contributed by atoms with Crippen molar-refractivity contribution in [3.8, 4) is 11.8 Å². The molecule has 3 aromatic carbocycles. The molecule has 0 aliphatic rings. The standard InChI is InChI=1S/C25H24N2O7S2/c1-18-3-11-22(12-4-18)35(29,30)27-24(25(28)33-16-15-26)17-20-7-9-21(10-8-20)34-36(31,32)23-13-5-19(2)6-14-23/h3-14,24,27H,16-17H2,1-2H3/t24-/m0/s1. The Morgan fingerprint density at radius 2 is 1.39 bits per heavy atom. The summed E-state index contributed by atoms with van der Waals surface area (Å²) < 4.78 is 63.0. The number of nitrogens with zero attached hydrogens (tertiary/aromatic N) is 1. The number of nitrogens with one attached hydrogen (secondary N) is 1. The van der Waals surface area contributed by atoms with E-state index in [9.17, 15) is 21.6 Å². The third-order valence-corrected chi connectivity index (χ3v) is 7.82. The SMILES string of the molecule is Cc1ccc(S(=O)(=O)N[C@@H](Cc2ccc(OS(=O)(=O)c3ccc(C)cc3)cc2)C(=O)OCC#N)cc1. The van der Waals surface area contributed by atoms with Gasteiger partial charge in [-0.05, 0) is 62.2 Å². The van der Waals surface area contributed by atoms with Crippen LogP contribution >= 0.6 is 0 Å². The van der Waals surface area contributed by atoms with Gasteiger partial charge in [0, 0.05) is 0 Å². The lowest BCUT2D eigenvalue weighted by Gasteiger charge is -2.17. The summed E-state index contributed by atoms with van der Waals surface area (Å²) in [5, 5.41) is 8.71. The summed E-state index contributed by atoms with van der Waals surface area (Å²) in [6, 6.07) is 18.4. The summed E-state index contributed by atoms with van der Waals surface area (Å²) in [7, 11) is -8.11. The quantitative estimate of drug-likeness (QED) is 0.313. The van der Waals surface area contributed by atoms with Gasteiger partial charge in [-0.1, -0.05) is 47.5 Å². The highest BCUT2D eigenvalue weighted by atomic mass is 32.2. The zero-order valence-corrected chi connectivity index (χ0v) is 21.2. The number of hydrogen-bond donors (Lipinski definition) is 1. The molecule has 3 aromatic rings. The Morgan fingerprint density at radius 1 is 0.861 bits per heavy atom. The summed E-state index contributed by atoms with van der Waals surface area (Å²) in [5.74, 6) is -0.877. The van der Waals surface area contributed by atoms with Gasteiger partial charge in [-0.3, -0.25) is 4.79 Å². The number of carbonyl (C=O) groups excluding carboxylic acids is 1. The second kappa shape index (κ2) is 11.3. The van der Waals surface area contributed by atoms with Gasteiger partial charge in [0.2, 0.25) is 10.0 Å². The van der Waals surface area contributed by atoms with Crippen LogP contribution in [0.5, 0.6) is 5.75 Å². The van der Waals surface area contributed by atoms with E-state index in [4.69, 9.17) is 14.2 Å². The maximum Gasteiger partial charge on any atom is 0.339 e. The predicted octanol–water partition coefficient (Wildman–Crippen LogP) is 3.03. The molecule has 0 bridgehead atoms. The lowest BCUT2D eigenvalue weighted by molar-refractivity contribution is -0.144. The molecule has 0 fully saturated rings. The van der Waals surface area contributed by atoms with Gasteiger partial charge in [0.15, 0.2) is 6.61 Å². The average Bonchev–Trinajstić information content (AvgIpc) is 2.83. The molecule has 0 heterocycles. The van der Waals surface area contributed by atoms with Crippen molar-refractivity contribution in [1.82, 2.24) is 4.72 Å². The predicted molar refractivity (Wildman–Crippen MR) is 131 cm³/mol. The van der Waals surface area contributed by atoms with Gasteiger partial charge >= 0.3 is 16.1 Å². The van der Waals surface area contributed by atoms with E-state index in [0.717, 1.165) is 11.1 Å². The molecule has 1 atom stereocenters. The molecule has 1 N–H and O–H groups in total. The number of hydrogen-bond acceptors (Lipinski definition) is 8. The topological polar surface area (TPSA) is 140 Å². The maximum atomic E-state index is 12.8. The van der Waals surface area contributed by atoms with Crippen LogP contribution < -0.4 is 8.91 Å². The van der Waals surface area contributed by atoms with Crippen molar-refractivity contribution in [3.63, 3.8) is 0 Å². The van der Waals surface area contributed by atoms with E-state index in [2.05, 4.69) is 4.72 Å². The number of carbonyl (C=O) groups is 1. The van der Waals surface area contributed by atoms with E-state index in [1.54, 1.807) is 30.3 Å². The minimum Gasteiger partial charge on any atom is -0.449 e. The fraction of sp³-hybridized carbons (Fsp3) is 0.200. The second-order valence-electron chi connectivity index (χ2n) is 7.95. The number of benzene rings is 3. The molecular formula is C25H24N2O7S2. The molecule has 0 radical (unpaired) electrons. The highest BCUT2D eigenvalue weighted by Gasteiger charge is 2.27. The van der Waals surface area contributed by atoms with Crippen molar-refractivity contribution in [2.45, 2.75) is 36.1 Å². The molecule has 0 unspecified atom stereocenters. The largest absolute Gasteiger partial charge is 0.449 e. The smallest absolute Gasteiger partial charge is 0.339 e. The first-order valence-corrected chi connectivity index (χ1v) is 13.6. The molecule has 0 aliphatic carbocycles. The highest BCUT2D eigenvalue weighted by molar-refractivity contribution is 7.89. The molecule has 0 saturated carbocycles. The zero-order chi connectivity index (χ0) is 26.3. The minimum atomic E-state index is -4.07. The van der Waals surface area contributed by atoms with Crippen molar-refractivity contribution < 1.29 is 30.6 Å². The Bertz CT molecular complexity index is 1460. The molecule has 11 heteroatoms. The van der Waals surface area contributed by atoms with Gasteiger partial charge < -0.3 is 8.92 Å². The molecule has 0 saturated heterocycles. The fourth-order valence-corrected chi connectivity index (χ4v) is 5.26. The molecule has 36 heavy (non-hydrogen) atoms. The Kier molecular flexibility index (Phi) is 8.47. The van der Waals surface area contributed by atoms with E-state index < -0.39 is 38.8 Å². The number of rotatable bonds is 10. The second-order valence-corrected chi connectivity index (χ2v) is 11.2. The minimum absolute atomic E-state index is 0.00277. The van der Waals surface area contributed by atoms with Crippen LogP contribution in [-0.2, 0) is 36.1 Å². The Morgan fingerprint density at radius 3 is 1.92 bits per heavy atom. The van der Waals surface area contributed by atoms with Crippen LogP contribution in [-0.4, -0.2) is 35.5 Å². The fourth-order valence-electron chi connectivity index (χ4n) is 3.15. The van der Waals surface area contributed by atoms with Crippen LogP contribution in [0.3, 0.4) is 0 Å². The normalized spacial score (nSPS) is 12.4. The van der Waals surface area contributed by atoms with E-state index in [0.29, 0.717) is 5.56 Å². The summed E-state index contributed by atoms with van der Waals surface area (Å²) in [6.07, 6.45) is -0.111. The third kappa shape index (κ3) is 7.14. The monoisotopic (exact) mass is 528 g/mol. The Balaban J connectivity index is 1.77. The van der Waals surface area contributed by atoms with E-state index >= 15 is 0 Å². The van der Waals surface area contributed by atoms with Crippen LogP contribution in [0, 0.1) is 25.2 Å². The van der Waals surface area contributed by atoms with Crippen LogP contribution in [0.15, 0.2) is 82.6 Å². The molecular weight excluding hydrogens is 504 g/mol. The molecule has 188 valence electrons. The summed E-state index contributed by atoms with van der Waals surface area (Å²) in [5.41, 5.74) is 2.27. The molecule has 0 aromatic heterocycles. The number of esters is 1. The van der Waals surface area contributed by atoms with Gasteiger partial charge in [0.25, 0.3) is 0 Å². The molecule has 3 rings (SSSR count). The summed E-state index contributed by atoms with van der Waals surface area (Å²) in [4.78, 5) is 12.5. The molecule has 0 amide bonds. The maximum absolute atomic E-state index is 12.8. The molecule has 0 aliphatic heterocycles. The van der Waals surface area contributed by atoms with Gasteiger partial charge in [0.05, 0.1) is 4.90 Å². The van der Waals surface area contributed by atoms with Crippen molar-refractivity contribution in [2.24, 2.45) is 0 Å². The average molecular weight is 529 g/mol. The van der Waals surface area contributed by atoms with Crippen molar-refractivity contribution in [2.75, 3.05) is 6.61 Å². The van der Waals surface area contributed by atoms with Crippen LogP contribution in [0.4, 0.5) is 0 Å². The first kappa shape index (κ1) is 26.9. The van der Waals surface area contributed by atoms with Crippen LogP contribution in [0.25, 0.3) is 0 Å².